The molecule has 1 saturated heterocycles. The predicted octanol–water partition coefficient (Wildman–Crippen LogP) is 2.30. The molecule has 40 heavy (non-hydrogen) atoms. The molecule has 3 aromatic rings. The predicted molar refractivity (Wildman–Crippen MR) is 158 cm³/mol. The van der Waals surface area contributed by atoms with E-state index in [2.05, 4.69) is 45.4 Å². The van der Waals surface area contributed by atoms with Crippen molar-refractivity contribution in [3.63, 3.8) is 0 Å². The molecular weight excluding hydrogens is 554 g/mol. The van der Waals surface area contributed by atoms with Gasteiger partial charge in [0.05, 0.1) is 27.2 Å². The number of carbonyl (C=O) groups excluding carboxylic acids is 2. The fourth-order valence-electron chi connectivity index (χ4n) is 4.00. The molecule has 4 N–H and O–H groups in total. The first kappa shape index (κ1) is 29.4. The van der Waals surface area contributed by atoms with Gasteiger partial charge in [0, 0.05) is 57.7 Å². The normalized spacial score (nSPS) is 14.7. The Bertz CT molecular complexity index is 1480. The number of anilines is 3. The van der Waals surface area contributed by atoms with E-state index in [1.54, 1.807) is 40.2 Å². The molecule has 13 nitrogen and oxygen atoms in total. The second-order valence-corrected chi connectivity index (χ2v) is 13.7. The zero-order valence-electron chi connectivity index (χ0n) is 23.2. The lowest BCUT2D eigenvalue weighted by Gasteiger charge is -2.36. The van der Waals surface area contributed by atoms with Crippen LogP contribution in [0.15, 0.2) is 24.5 Å². The number of amides is 3. The molecule has 2 aromatic heterocycles. The second-order valence-electron chi connectivity index (χ2n) is 10.3. The van der Waals surface area contributed by atoms with E-state index in [1.165, 1.54) is 11.3 Å². The number of piperazine rings is 1. The molecule has 4 rings (SSSR count). The number of nitrogens with one attached hydrogen (secondary N) is 4. The van der Waals surface area contributed by atoms with Gasteiger partial charge >= 0.3 is 6.03 Å². The quantitative estimate of drug-likeness (QED) is 0.309. The summed E-state index contributed by atoms with van der Waals surface area (Å²) >= 11 is 1.39. The molecule has 0 unspecified atom stereocenters. The third-order valence-electron chi connectivity index (χ3n) is 6.40. The maximum absolute atomic E-state index is 12.5. The van der Waals surface area contributed by atoms with E-state index in [1.807, 2.05) is 19.1 Å². The van der Waals surface area contributed by atoms with Crippen molar-refractivity contribution in [2.45, 2.75) is 32.4 Å². The molecule has 0 saturated carbocycles. The standard InChI is InChI=1S/C25H35N9O4S2/c1-6-27-23(36)31-24-30-18-11-16(17-13-28-22(29-14-17)32-40(37,38)25(2,3)4)12-19(21(18)39-24)34-9-7-33(8-10-34)15-20(35)26-5/h11-14H,6-10,15H2,1-5H3,(H,26,35)(H,28,29,32)(H2,27,30,31,36). The van der Waals surface area contributed by atoms with Crippen molar-refractivity contribution in [3.8, 4) is 11.1 Å². The lowest BCUT2D eigenvalue weighted by molar-refractivity contribution is -0.121. The molecule has 1 aliphatic heterocycles. The van der Waals surface area contributed by atoms with E-state index >= 15 is 0 Å². The average Bonchev–Trinajstić information content (AvgIpc) is 3.30. The van der Waals surface area contributed by atoms with Gasteiger partial charge in [-0.3, -0.25) is 19.7 Å². The number of benzene rings is 1. The maximum Gasteiger partial charge on any atom is 0.321 e. The molecule has 1 aliphatic rings. The molecule has 0 aliphatic carbocycles. The highest BCUT2D eigenvalue weighted by Crippen LogP contribution is 2.38. The molecule has 0 atom stereocenters. The molecule has 1 aromatic carbocycles. The second kappa shape index (κ2) is 11.9. The van der Waals surface area contributed by atoms with E-state index in [0.29, 0.717) is 55.5 Å². The van der Waals surface area contributed by atoms with Crippen LogP contribution in [-0.4, -0.2) is 91.3 Å². The van der Waals surface area contributed by atoms with Crippen LogP contribution in [-0.2, 0) is 14.8 Å². The van der Waals surface area contributed by atoms with E-state index in [-0.39, 0.29) is 17.9 Å². The number of hydrogen-bond donors (Lipinski definition) is 4. The summed E-state index contributed by atoms with van der Waals surface area (Å²) in [6.45, 7) is 10.3. The Labute approximate surface area is 237 Å². The summed E-state index contributed by atoms with van der Waals surface area (Å²) in [4.78, 5) is 41.5. The number of likely N-dealkylation sites (N-methyl/N-ethyl adjacent to an activating group) is 1. The Kier molecular flexibility index (Phi) is 8.75. The van der Waals surface area contributed by atoms with Crippen molar-refractivity contribution >= 4 is 60.3 Å². The van der Waals surface area contributed by atoms with Gasteiger partial charge in [-0.25, -0.2) is 28.2 Å². The summed E-state index contributed by atoms with van der Waals surface area (Å²) < 4.78 is 27.3. The van der Waals surface area contributed by atoms with E-state index < -0.39 is 14.8 Å². The van der Waals surface area contributed by atoms with Crippen LogP contribution in [0.2, 0.25) is 0 Å². The van der Waals surface area contributed by atoms with Gasteiger partial charge in [0.2, 0.25) is 21.9 Å². The van der Waals surface area contributed by atoms with Gasteiger partial charge in [-0.1, -0.05) is 11.3 Å². The van der Waals surface area contributed by atoms with Crippen LogP contribution in [0.5, 0.6) is 0 Å². The molecule has 0 radical (unpaired) electrons. The molecule has 216 valence electrons. The van der Waals surface area contributed by atoms with Crippen molar-refractivity contribution in [2.75, 3.05) is 61.3 Å². The van der Waals surface area contributed by atoms with Gasteiger partial charge in [-0.2, -0.15) is 0 Å². The van der Waals surface area contributed by atoms with Crippen LogP contribution in [0.1, 0.15) is 27.7 Å². The third kappa shape index (κ3) is 6.77. The first-order valence-corrected chi connectivity index (χ1v) is 15.2. The average molecular weight is 590 g/mol. The Morgan fingerprint density at radius 3 is 2.33 bits per heavy atom. The maximum atomic E-state index is 12.5. The monoisotopic (exact) mass is 589 g/mol. The van der Waals surface area contributed by atoms with Crippen LogP contribution in [0.25, 0.3) is 21.3 Å². The summed E-state index contributed by atoms with van der Waals surface area (Å²) in [6.07, 6.45) is 3.14. The van der Waals surface area contributed by atoms with Crippen molar-refractivity contribution in [1.29, 1.82) is 0 Å². The van der Waals surface area contributed by atoms with Gasteiger partial charge in [0.1, 0.15) is 0 Å². The molecule has 0 spiro atoms. The summed E-state index contributed by atoms with van der Waals surface area (Å²) in [5.74, 6) is -0.0242. The minimum atomic E-state index is -3.66. The van der Waals surface area contributed by atoms with Gasteiger partial charge in [0.25, 0.3) is 0 Å². The van der Waals surface area contributed by atoms with Crippen molar-refractivity contribution < 1.29 is 18.0 Å². The fraction of sp³-hybridized carbons (Fsp3) is 0.480. The number of carbonyl (C=O) groups is 2. The molecule has 1 fully saturated rings. The SMILES string of the molecule is CCNC(=O)Nc1nc2cc(-c3cnc(NS(=O)(=O)C(C)(C)C)nc3)cc(N3CCN(CC(=O)NC)CC3)c2s1. The number of rotatable bonds is 8. The number of sulfonamides is 1. The van der Waals surface area contributed by atoms with Gasteiger partial charge < -0.3 is 15.5 Å². The van der Waals surface area contributed by atoms with Gasteiger partial charge in [-0.15, -0.1) is 0 Å². The highest BCUT2D eigenvalue weighted by molar-refractivity contribution is 7.94. The Hall–Kier alpha value is -3.56. The highest BCUT2D eigenvalue weighted by Gasteiger charge is 2.30. The summed E-state index contributed by atoms with van der Waals surface area (Å²) in [7, 11) is -2.03. The van der Waals surface area contributed by atoms with E-state index in [4.69, 9.17) is 0 Å². The highest BCUT2D eigenvalue weighted by atomic mass is 32.2. The van der Waals surface area contributed by atoms with Crippen LogP contribution < -0.4 is 25.6 Å². The molecular formula is C25H35N9O4S2. The van der Waals surface area contributed by atoms with Crippen LogP contribution in [0, 0.1) is 0 Å². The number of nitrogens with zero attached hydrogens (tertiary/aromatic N) is 5. The largest absolute Gasteiger partial charge is 0.368 e. The molecule has 15 heteroatoms. The lowest BCUT2D eigenvalue weighted by Crippen LogP contribution is -2.49. The third-order valence-corrected chi connectivity index (χ3v) is 9.48. The van der Waals surface area contributed by atoms with Crippen LogP contribution in [0.4, 0.5) is 21.6 Å². The Balaban J connectivity index is 1.66. The molecule has 3 heterocycles. The first-order valence-electron chi connectivity index (χ1n) is 12.9. The smallest absolute Gasteiger partial charge is 0.321 e. The fourth-order valence-corrected chi connectivity index (χ4v) is 5.64. The first-order chi connectivity index (χ1) is 18.9. The van der Waals surface area contributed by atoms with Gasteiger partial charge in [-0.05, 0) is 45.4 Å². The summed E-state index contributed by atoms with van der Waals surface area (Å²) in [5, 5.41) is 8.65. The minimum absolute atomic E-state index is 0.00528. The Morgan fingerprint density at radius 1 is 1.05 bits per heavy atom. The van der Waals surface area contributed by atoms with Crippen molar-refractivity contribution in [1.82, 2.24) is 30.5 Å². The zero-order valence-corrected chi connectivity index (χ0v) is 24.9. The number of urea groups is 1. The number of aromatic nitrogens is 3. The summed E-state index contributed by atoms with van der Waals surface area (Å²) in [6, 6.07) is 3.60. The zero-order chi connectivity index (χ0) is 29.1. The Morgan fingerprint density at radius 2 is 1.73 bits per heavy atom. The summed E-state index contributed by atoms with van der Waals surface area (Å²) in [5.41, 5.74) is 3.14. The van der Waals surface area contributed by atoms with Gasteiger partial charge in [0.15, 0.2) is 5.13 Å². The topological polar surface area (TPSA) is 162 Å². The van der Waals surface area contributed by atoms with Crippen LogP contribution >= 0.6 is 11.3 Å². The lowest BCUT2D eigenvalue weighted by atomic mass is 10.1. The van der Waals surface area contributed by atoms with E-state index in [9.17, 15) is 18.0 Å². The number of hydrogen-bond acceptors (Lipinski definition) is 10. The number of fused-ring (bicyclic) bond motifs is 1. The van der Waals surface area contributed by atoms with Crippen molar-refractivity contribution in [3.05, 3.63) is 24.5 Å². The van der Waals surface area contributed by atoms with Crippen molar-refractivity contribution in [2.24, 2.45) is 0 Å². The number of thiazole rings is 1. The molecule has 3 amide bonds. The van der Waals surface area contributed by atoms with E-state index in [0.717, 1.165) is 16.0 Å². The van der Waals surface area contributed by atoms with Crippen LogP contribution in [0.3, 0.4) is 0 Å². The minimum Gasteiger partial charge on any atom is -0.368 e. The molecule has 0 bridgehead atoms.